The number of hydrogen-bond acceptors (Lipinski definition) is 2. The van der Waals surface area contributed by atoms with Crippen molar-refractivity contribution < 1.29 is 4.74 Å². The second-order valence-corrected chi connectivity index (χ2v) is 3.53. The predicted molar refractivity (Wildman–Crippen MR) is 58.0 cm³/mol. The lowest BCUT2D eigenvalue weighted by Gasteiger charge is -2.04. The van der Waals surface area contributed by atoms with E-state index in [1.54, 1.807) is 7.11 Å². The molecule has 2 nitrogen and oxygen atoms in total. The van der Waals surface area contributed by atoms with Crippen LogP contribution < -0.4 is 4.74 Å². The maximum atomic E-state index is 5.87. The highest BCUT2D eigenvalue weighted by Gasteiger charge is 2.02. The van der Waals surface area contributed by atoms with E-state index in [0.29, 0.717) is 5.15 Å². The Hall–Kier alpha value is -1.28. The van der Waals surface area contributed by atoms with E-state index in [4.69, 9.17) is 16.3 Å². The summed E-state index contributed by atoms with van der Waals surface area (Å²) in [6, 6.07) is 7.66. The SMILES string of the molecule is COc1ccc2c(C)cc(Cl)nc2c1. The molecule has 2 rings (SSSR count). The van der Waals surface area contributed by atoms with Crippen molar-refractivity contribution in [3.63, 3.8) is 0 Å². The summed E-state index contributed by atoms with van der Waals surface area (Å²) in [5, 5.41) is 1.62. The van der Waals surface area contributed by atoms with E-state index in [1.807, 2.05) is 31.2 Å². The number of pyridine rings is 1. The van der Waals surface area contributed by atoms with Crippen molar-refractivity contribution in [3.8, 4) is 5.75 Å². The van der Waals surface area contributed by atoms with Crippen molar-refractivity contribution >= 4 is 22.5 Å². The largest absolute Gasteiger partial charge is 0.497 e. The van der Waals surface area contributed by atoms with E-state index in [9.17, 15) is 0 Å². The summed E-state index contributed by atoms with van der Waals surface area (Å²) >= 11 is 5.87. The Morgan fingerprint density at radius 1 is 1.29 bits per heavy atom. The van der Waals surface area contributed by atoms with Crippen LogP contribution >= 0.6 is 11.6 Å². The van der Waals surface area contributed by atoms with E-state index < -0.39 is 0 Å². The fraction of sp³-hybridized carbons (Fsp3) is 0.182. The summed E-state index contributed by atoms with van der Waals surface area (Å²) in [4.78, 5) is 4.23. The molecule has 0 bridgehead atoms. The fourth-order valence-electron chi connectivity index (χ4n) is 1.47. The molecule has 0 atom stereocenters. The van der Waals surface area contributed by atoms with Crippen LogP contribution in [0.5, 0.6) is 5.75 Å². The third-order valence-corrected chi connectivity index (χ3v) is 2.39. The molecular formula is C11H10ClNO. The molecule has 0 aliphatic heterocycles. The molecule has 0 unspecified atom stereocenters. The van der Waals surface area contributed by atoms with Gasteiger partial charge in [0.05, 0.1) is 12.6 Å². The summed E-state index contributed by atoms with van der Waals surface area (Å²) in [5.41, 5.74) is 2.00. The van der Waals surface area contributed by atoms with Crippen LogP contribution in [0.3, 0.4) is 0 Å². The molecule has 72 valence electrons. The lowest BCUT2D eigenvalue weighted by Crippen LogP contribution is -1.87. The highest BCUT2D eigenvalue weighted by atomic mass is 35.5. The summed E-state index contributed by atoms with van der Waals surface area (Å²) in [5.74, 6) is 0.798. The first kappa shape index (κ1) is 9.28. The maximum absolute atomic E-state index is 5.87. The van der Waals surface area contributed by atoms with E-state index in [1.165, 1.54) is 0 Å². The molecule has 0 amide bonds. The van der Waals surface area contributed by atoms with Crippen molar-refractivity contribution in [2.24, 2.45) is 0 Å². The third kappa shape index (κ3) is 1.53. The molecule has 14 heavy (non-hydrogen) atoms. The number of halogens is 1. The topological polar surface area (TPSA) is 22.1 Å². The van der Waals surface area contributed by atoms with Crippen molar-refractivity contribution in [2.45, 2.75) is 6.92 Å². The maximum Gasteiger partial charge on any atom is 0.130 e. The normalized spacial score (nSPS) is 10.5. The monoisotopic (exact) mass is 207 g/mol. The first-order valence-electron chi connectivity index (χ1n) is 4.31. The van der Waals surface area contributed by atoms with E-state index in [-0.39, 0.29) is 0 Å². The van der Waals surface area contributed by atoms with E-state index in [2.05, 4.69) is 4.98 Å². The first-order chi connectivity index (χ1) is 6.70. The highest BCUT2D eigenvalue weighted by molar-refractivity contribution is 6.29. The van der Waals surface area contributed by atoms with Gasteiger partial charge in [0.15, 0.2) is 0 Å². The smallest absolute Gasteiger partial charge is 0.130 e. The van der Waals surface area contributed by atoms with Gasteiger partial charge in [0.2, 0.25) is 0 Å². The van der Waals surface area contributed by atoms with Gasteiger partial charge < -0.3 is 4.74 Å². The number of hydrogen-bond donors (Lipinski definition) is 0. The minimum atomic E-state index is 0.517. The number of aromatic nitrogens is 1. The molecular weight excluding hydrogens is 198 g/mol. The van der Waals surface area contributed by atoms with Gasteiger partial charge in [0.25, 0.3) is 0 Å². The Labute approximate surface area is 87.5 Å². The van der Waals surface area contributed by atoms with Crippen LogP contribution in [0.1, 0.15) is 5.56 Å². The number of nitrogens with zero attached hydrogens (tertiary/aromatic N) is 1. The number of methoxy groups -OCH3 is 1. The van der Waals surface area contributed by atoms with Gasteiger partial charge in [-0.15, -0.1) is 0 Å². The van der Waals surface area contributed by atoms with Gasteiger partial charge in [-0.05, 0) is 30.7 Å². The first-order valence-corrected chi connectivity index (χ1v) is 4.69. The summed E-state index contributed by atoms with van der Waals surface area (Å²) < 4.78 is 5.12. The lowest BCUT2D eigenvalue weighted by atomic mass is 10.1. The zero-order chi connectivity index (χ0) is 10.1. The number of benzene rings is 1. The molecule has 0 aliphatic carbocycles. The van der Waals surface area contributed by atoms with Gasteiger partial charge in [-0.1, -0.05) is 11.6 Å². The predicted octanol–water partition coefficient (Wildman–Crippen LogP) is 3.21. The van der Waals surface area contributed by atoms with Gasteiger partial charge in [0.1, 0.15) is 10.9 Å². The van der Waals surface area contributed by atoms with Crippen LogP contribution in [-0.2, 0) is 0 Å². The van der Waals surface area contributed by atoms with Crippen molar-refractivity contribution in [3.05, 3.63) is 35.0 Å². The Morgan fingerprint density at radius 3 is 2.79 bits per heavy atom. The number of ether oxygens (including phenoxy) is 1. The van der Waals surface area contributed by atoms with Crippen LogP contribution in [0.2, 0.25) is 5.15 Å². The van der Waals surface area contributed by atoms with Crippen molar-refractivity contribution in [1.29, 1.82) is 0 Å². The Balaban J connectivity index is 2.75. The van der Waals surface area contributed by atoms with Crippen molar-refractivity contribution in [1.82, 2.24) is 4.98 Å². The molecule has 0 spiro atoms. The minimum absolute atomic E-state index is 0.517. The van der Waals surface area contributed by atoms with Crippen LogP contribution in [-0.4, -0.2) is 12.1 Å². The summed E-state index contributed by atoms with van der Waals surface area (Å²) in [6.45, 7) is 2.02. The number of rotatable bonds is 1. The summed E-state index contributed by atoms with van der Waals surface area (Å²) in [7, 11) is 1.64. The zero-order valence-corrected chi connectivity index (χ0v) is 8.80. The van der Waals surface area contributed by atoms with Crippen LogP contribution in [0.4, 0.5) is 0 Å². The third-order valence-electron chi connectivity index (χ3n) is 2.19. The number of aryl methyl sites for hydroxylation is 1. The molecule has 0 saturated carbocycles. The average Bonchev–Trinajstić information content (AvgIpc) is 2.16. The molecule has 0 N–H and O–H groups in total. The van der Waals surface area contributed by atoms with Gasteiger partial charge in [-0.3, -0.25) is 0 Å². The molecule has 0 aliphatic rings. The zero-order valence-electron chi connectivity index (χ0n) is 8.04. The molecule has 1 aromatic carbocycles. The lowest BCUT2D eigenvalue weighted by molar-refractivity contribution is 0.415. The molecule has 1 aromatic heterocycles. The minimum Gasteiger partial charge on any atom is -0.497 e. The van der Waals surface area contributed by atoms with E-state index >= 15 is 0 Å². The summed E-state index contributed by atoms with van der Waals surface area (Å²) in [6.07, 6.45) is 0. The van der Waals surface area contributed by atoms with Crippen LogP contribution in [0.25, 0.3) is 10.9 Å². The fourth-order valence-corrected chi connectivity index (χ4v) is 1.72. The van der Waals surface area contributed by atoms with Crippen LogP contribution in [0, 0.1) is 6.92 Å². The quantitative estimate of drug-likeness (QED) is 0.670. The second-order valence-electron chi connectivity index (χ2n) is 3.14. The molecule has 0 fully saturated rings. The van der Waals surface area contributed by atoms with Gasteiger partial charge in [-0.25, -0.2) is 4.98 Å². The molecule has 0 saturated heterocycles. The molecule has 1 heterocycles. The molecule has 2 aromatic rings. The standard InChI is InChI=1S/C11H10ClNO/c1-7-5-11(12)13-10-6-8(14-2)3-4-9(7)10/h3-6H,1-2H3. The van der Waals surface area contributed by atoms with Gasteiger partial charge >= 0.3 is 0 Å². The Kier molecular flexibility index (Phi) is 2.30. The van der Waals surface area contributed by atoms with Crippen molar-refractivity contribution in [2.75, 3.05) is 7.11 Å². The Bertz CT molecular complexity index is 482. The molecule has 0 radical (unpaired) electrons. The van der Waals surface area contributed by atoms with E-state index in [0.717, 1.165) is 22.2 Å². The van der Waals surface area contributed by atoms with Crippen LogP contribution in [0.15, 0.2) is 24.3 Å². The van der Waals surface area contributed by atoms with Gasteiger partial charge in [0, 0.05) is 11.5 Å². The highest BCUT2D eigenvalue weighted by Crippen LogP contribution is 2.23. The number of fused-ring (bicyclic) bond motifs is 1. The van der Waals surface area contributed by atoms with Gasteiger partial charge in [-0.2, -0.15) is 0 Å². The molecule has 3 heteroatoms. The second kappa shape index (κ2) is 3.46. The Morgan fingerprint density at radius 2 is 2.07 bits per heavy atom. The average molecular weight is 208 g/mol.